The van der Waals surface area contributed by atoms with Gasteiger partial charge < -0.3 is 10.6 Å². The number of anilines is 1. The Morgan fingerprint density at radius 2 is 2.15 bits per heavy atom. The third kappa shape index (κ3) is 2.15. The van der Waals surface area contributed by atoms with Gasteiger partial charge in [-0.25, -0.2) is 4.39 Å². The zero-order valence-electron chi connectivity index (χ0n) is 7.33. The third-order valence-corrected chi connectivity index (χ3v) is 1.95. The maximum absolute atomic E-state index is 13.2. The van der Waals surface area contributed by atoms with Crippen molar-refractivity contribution < 1.29 is 4.39 Å². The highest BCUT2D eigenvalue weighted by atomic mass is 32.1. The molecule has 0 aromatic heterocycles. The van der Waals surface area contributed by atoms with Gasteiger partial charge in [-0.2, -0.15) is 0 Å². The van der Waals surface area contributed by atoms with Crippen LogP contribution in [0.2, 0.25) is 0 Å². The molecule has 70 valence electrons. The number of nitrogens with zero attached hydrogens (tertiary/aromatic N) is 1. The molecule has 1 rings (SSSR count). The number of hydrogen-bond acceptors (Lipinski definition) is 1. The van der Waals surface area contributed by atoms with Gasteiger partial charge in [-0.05, 0) is 31.3 Å². The van der Waals surface area contributed by atoms with Crippen LogP contribution in [0, 0.1) is 5.82 Å². The highest BCUT2D eigenvalue weighted by Crippen LogP contribution is 2.17. The monoisotopic (exact) mass is 198 g/mol. The van der Waals surface area contributed by atoms with Crippen molar-refractivity contribution in [1.82, 2.24) is 0 Å². The van der Waals surface area contributed by atoms with Crippen LogP contribution in [0.3, 0.4) is 0 Å². The fourth-order valence-corrected chi connectivity index (χ4v) is 1.34. The first kappa shape index (κ1) is 9.92. The van der Waals surface area contributed by atoms with Gasteiger partial charge in [-0.3, -0.25) is 0 Å². The average Bonchev–Trinajstić information content (AvgIpc) is 2.09. The lowest BCUT2D eigenvalue weighted by Gasteiger charge is -2.20. The lowest BCUT2D eigenvalue weighted by molar-refractivity contribution is 0.626. The Morgan fingerprint density at radius 1 is 1.54 bits per heavy atom. The quantitative estimate of drug-likeness (QED) is 0.736. The van der Waals surface area contributed by atoms with Crippen molar-refractivity contribution in [1.29, 1.82) is 0 Å². The molecule has 0 amide bonds. The van der Waals surface area contributed by atoms with E-state index in [0.29, 0.717) is 12.2 Å². The molecule has 2 nitrogen and oxygen atoms in total. The molecule has 0 fully saturated rings. The van der Waals surface area contributed by atoms with Gasteiger partial charge in [0.25, 0.3) is 0 Å². The summed E-state index contributed by atoms with van der Waals surface area (Å²) >= 11 is 4.79. The van der Waals surface area contributed by atoms with Gasteiger partial charge >= 0.3 is 0 Å². The number of hydrogen-bond donors (Lipinski definition) is 1. The molecule has 0 saturated carbocycles. The van der Waals surface area contributed by atoms with Crippen LogP contribution < -0.4 is 10.6 Å². The van der Waals surface area contributed by atoms with Crippen LogP contribution in [0.1, 0.15) is 6.92 Å². The molecule has 1 aromatic carbocycles. The Bertz CT molecular complexity index is 314. The normalized spacial score (nSPS) is 9.69. The second-order valence-electron chi connectivity index (χ2n) is 2.53. The third-order valence-electron chi connectivity index (χ3n) is 1.73. The number of nitrogens with two attached hydrogens (primary N) is 1. The van der Waals surface area contributed by atoms with Gasteiger partial charge in [0.15, 0.2) is 5.11 Å². The van der Waals surface area contributed by atoms with Gasteiger partial charge in [0, 0.05) is 6.54 Å². The summed E-state index contributed by atoms with van der Waals surface area (Å²) in [7, 11) is 0. The second-order valence-corrected chi connectivity index (χ2v) is 2.95. The number of thiocarbonyl (C=S) groups is 1. The Morgan fingerprint density at radius 3 is 2.62 bits per heavy atom. The summed E-state index contributed by atoms with van der Waals surface area (Å²) in [5.41, 5.74) is 5.87. The van der Waals surface area contributed by atoms with E-state index >= 15 is 0 Å². The molecule has 0 atom stereocenters. The van der Waals surface area contributed by atoms with E-state index < -0.39 is 0 Å². The van der Waals surface area contributed by atoms with Crippen LogP contribution in [0.4, 0.5) is 10.1 Å². The summed E-state index contributed by atoms with van der Waals surface area (Å²) in [6, 6.07) is 6.42. The minimum absolute atomic E-state index is 0.188. The molecule has 0 saturated heterocycles. The van der Waals surface area contributed by atoms with Crippen molar-refractivity contribution in [3.8, 4) is 0 Å². The van der Waals surface area contributed by atoms with Gasteiger partial charge in [-0.15, -0.1) is 0 Å². The van der Waals surface area contributed by atoms with Crippen LogP contribution in [0.15, 0.2) is 24.3 Å². The fourth-order valence-electron chi connectivity index (χ4n) is 1.12. The largest absolute Gasteiger partial charge is 0.376 e. The summed E-state index contributed by atoms with van der Waals surface area (Å²) in [4.78, 5) is 1.55. The Labute approximate surface area is 82.2 Å². The van der Waals surface area contributed by atoms with E-state index in [9.17, 15) is 4.39 Å². The van der Waals surface area contributed by atoms with Gasteiger partial charge in [0.05, 0.1) is 5.69 Å². The second kappa shape index (κ2) is 4.18. The van der Waals surface area contributed by atoms with Gasteiger partial charge in [-0.1, -0.05) is 12.1 Å². The van der Waals surface area contributed by atoms with Crippen molar-refractivity contribution in [2.75, 3.05) is 11.4 Å². The SMILES string of the molecule is CCN(C(N)=S)c1ccccc1F. The number of benzene rings is 1. The van der Waals surface area contributed by atoms with Crippen molar-refractivity contribution in [3.05, 3.63) is 30.1 Å². The van der Waals surface area contributed by atoms with Crippen LogP contribution in [-0.2, 0) is 0 Å². The summed E-state index contributed by atoms with van der Waals surface area (Å²) in [5, 5.41) is 0.188. The fraction of sp³-hybridized carbons (Fsp3) is 0.222. The molecule has 0 unspecified atom stereocenters. The predicted molar refractivity (Wildman–Crippen MR) is 56.2 cm³/mol. The van der Waals surface area contributed by atoms with E-state index in [-0.39, 0.29) is 10.9 Å². The Hall–Kier alpha value is -1.16. The summed E-state index contributed by atoms with van der Waals surface area (Å²) in [6.07, 6.45) is 0. The molecule has 4 heteroatoms. The zero-order chi connectivity index (χ0) is 9.84. The molecule has 0 aliphatic heterocycles. The van der Waals surface area contributed by atoms with Crippen LogP contribution in [0.25, 0.3) is 0 Å². The highest BCUT2D eigenvalue weighted by Gasteiger charge is 2.10. The lowest BCUT2D eigenvalue weighted by atomic mass is 10.3. The van der Waals surface area contributed by atoms with E-state index in [4.69, 9.17) is 18.0 Å². The molecule has 0 bridgehead atoms. The molecular formula is C9H11FN2S. The number of halogens is 1. The van der Waals surface area contributed by atoms with E-state index in [2.05, 4.69) is 0 Å². The lowest BCUT2D eigenvalue weighted by Crippen LogP contribution is -2.35. The topological polar surface area (TPSA) is 29.3 Å². The van der Waals surface area contributed by atoms with Crippen molar-refractivity contribution >= 4 is 23.0 Å². The Kier molecular flexibility index (Phi) is 3.19. The minimum atomic E-state index is -0.308. The van der Waals surface area contributed by atoms with Crippen molar-refractivity contribution in [2.45, 2.75) is 6.92 Å². The molecule has 0 heterocycles. The Balaban J connectivity index is 3.04. The summed E-state index contributed by atoms with van der Waals surface area (Å²) in [5.74, 6) is -0.308. The maximum Gasteiger partial charge on any atom is 0.170 e. The highest BCUT2D eigenvalue weighted by molar-refractivity contribution is 7.80. The zero-order valence-corrected chi connectivity index (χ0v) is 8.14. The predicted octanol–water partition coefficient (Wildman–Crippen LogP) is 1.90. The first-order valence-corrected chi connectivity index (χ1v) is 4.39. The number of para-hydroxylation sites is 1. The minimum Gasteiger partial charge on any atom is -0.376 e. The molecule has 0 aliphatic rings. The van der Waals surface area contributed by atoms with E-state index in [1.54, 1.807) is 23.1 Å². The number of rotatable bonds is 2. The average molecular weight is 198 g/mol. The van der Waals surface area contributed by atoms with Crippen LogP contribution >= 0.6 is 12.2 Å². The molecule has 0 spiro atoms. The maximum atomic E-state index is 13.2. The van der Waals surface area contributed by atoms with E-state index in [1.807, 2.05) is 6.92 Å². The van der Waals surface area contributed by atoms with Crippen molar-refractivity contribution in [3.63, 3.8) is 0 Å². The molecule has 0 radical (unpaired) electrons. The molecular weight excluding hydrogens is 187 g/mol. The standard InChI is InChI=1S/C9H11FN2S/c1-2-12(9(11)13)8-6-4-3-5-7(8)10/h3-6H,2H2,1H3,(H2,11,13). The molecule has 13 heavy (non-hydrogen) atoms. The first-order valence-electron chi connectivity index (χ1n) is 3.98. The first-order chi connectivity index (χ1) is 6.16. The molecule has 1 aromatic rings. The van der Waals surface area contributed by atoms with Crippen LogP contribution in [0.5, 0.6) is 0 Å². The molecule has 2 N–H and O–H groups in total. The van der Waals surface area contributed by atoms with E-state index in [0.717, 1.165) is 0 Å². The smallest absolute Gasteiger partial charge is 0.170 e. The molecule has 0 aliphatic carbocycles. The van der Waals surface area contributed by atoms with Crippen LogP contribution in [-0.4, -0.2) is 11.7 Å². The summed E-state index contributed by atoms with van der Waals surface area (Å²) in [6.45, 7) is 2.43. The van der Waals surface area contributed by atoms with E-state index in [1.165, 1.54) is 6.07 Å². The van der Waals surface area contributed by atoms with Crippen molar-refractivity contribution in [2.24, 2.45) is 5.73 Å². The van der Waals surface area contributed by atoms with Gasteiger partial charge in [0.2, 0.25) is 0 Å². The van der Waals surface area contributed by atoms with Gasteiger partial charge in [0.1, 0.15) is 5.82 Å². The summed E-state index contributed by atoms with van der Waals surface area (Å²) < 4.78 is 13.2.